The molecule has 3 aromatic rings. The lowest BCUT2D eigenvalue weighted by molar-refractivity contribution is 0.0678. The number of phenols is 1. The first kappa shape index (κ1) is 18.9. The van der Waals surface area contributed by atoms with Gasteiger partial charge in [-0.1, -0.05) is 42.5 Å². The summed E-state index contributed by atoms with van der Waals surface area (Å²) in [4.78, 5) is 24.8. The number of hydrogen-bond donors (Lipinski definition) is 1. The fourth-order valence-corrected chi connectivity index (χ4v) is 2.56. The minimum atomic E-state index is -0.676. The Labute approximate surface area is 162 Å². The van der Waals surface area contributed by atoms with Crippen LogP contribution >= 0.6 is 0 Å². The van der Waals surface area contributed by atoms with E-state index in [2.05, 4.69) is 6.58 Å². The van der Waals surface area contributed by atoms with Crippen LogP contribution in [0.5, 0.6) is 17.2 Å². The van der Waals surface area contributed by atoms with E-state index < -0.39 is 11.9 Å². The Morgan fingerprint density at radius 2 is 1.39 bits per heavy atom. The summed E-state index contributed by atoms with van der Waals surface area (Å²) >= 11 is 0. The van der Waals surface area contributed by atoms with E-state index in [-0.39, 0.29) is 17.2 Å². The Morgan fingerprint density at radius 3 is 1.93 bits per heavy atom. The van der Waals surface area contributed by atoms with Crippen molar-refractivity contribution in [2.75, 3.05) is 0 Å². The highest BCUT2D eigenvalue weighted by Crippen LogP contribution is 2.39. The molecule has 0 bridgehead atoms. The van der Waals surface area contributed by atoms with Crippen LogP contribution in [0.3, 0.4) is 0 Å². The van der Waals surface area contributed by atoms with Gasteiger partial charge in [0.25, 0.3) is 0 Å². The number of carbonyl (C=O) groups excluding carboxylic acids is 2. The number of aromatic hydroxyl groups is 1. The Hall–Kier alpha value is -3.86. The molecule has 0 aliphatic rings. The zero-order valence-corrected chi connectivity index (χ0v) is 15.0. The Kier molecular flexibility index (Phi) is 5.87. The van der Waals surface area contributed by atoms with Gasteiger partial charge in [-0.15, -0.1) is 6.58 Å². The second kappa shape index (κ2) is 8.68. The maximum Gasteiger partial charge on any atom is 0.343 e. The highest BCUT2D eigenvalue weighted by Gasteiger charge is 2.20. The molecular weight excluding hydrogens is 356 g/mol. The SMILES string of the molecule is C=CCc1cc(O)c(OC(=O)c2ccccc2)c(OC(=O)c2ccccc2)c1. The van der Waals surface area contributed by atoms with E-state index in [0.717, 1.165) is 0 Å². The van der Waals surface area contributed by atoms with Crippen molar-refractivity contribution in [1.82, 2.24) is 0 Å². The van der Waals surface area contributed by atoms with Gasteiger partial charge in [0.15, 0.2) is 11.5 Å². The first-order chi connectivity index (χ1) is 13.6. The minimum Gasteiger partial charge on any atom is -0.504 e. The van der Waals surface area contributed by atoms with Gasteiger partial charge < -0.3 is 14.6 Å². The van der Waals surface area contributed by atoms with Crippen LogP contribution in [0.15, 0.2) is 85.5 Å². The van der Waals surface area contributed by atoms with Crippen molar-refractivity contribution in [3.8, 4) is 17.2 Å². The van der Waals surface area contributed by atoms with Crippen molar-refractivity contribution < 1.29 is 24.2 Å². The number of rotatable bonds is 6. The number of ether oxygens (including phenoxy) is 2. The number of esters is 2. The Morgan fingerprint density at radius 1 is 0.857 bits per heavy atom. The second-order valence-electron chi connectivity index (χ2n) is 5.95. The van der Waals surface area contributed by atoms with E-state index in [9.17, 15) is 14.7 Å². The molecule has 0 saturated heterocycles. The van der Waals surface area contributed by atoms with Crippen LogP contribution in [0.4, 0.5) is 0 Å². The van der Waals surface area contributed by atoms with Gasteiger partial charge in [-0.3, -0.25) is 0 Å². The van der Waals surface area contributed by atoms with Crippen LogP contribution in [0.1, 0.15) is 26.3 Å². The van der Waals surface area contributed by atoms with Crippen molar-refractivity contribution in [3.63, 3.8) is 0 Å². The summed E-state index contributed by atoms with van der Waals surface area (Å²) in [5.74, 6) is -1.88. The summed E-state index contributed by atoms with van der Waals surface area (Å²) in [6, 6.07) is 19.7. The third-order valence-corrected chi connectivity index (χ3v) is 3.89. The summed E-state index contributed by atoms with van der Waals surface area (Å²) in [5.41, 5.74) is 1.29. The number of hydrogen-bond acceptors (Lipinski definition) is 5. The Balaban J connectivity index is 1.94. The van der Waals surface area contributed by atoms with Crippen LogP contribution < -0.4 is 9.47 Å². The third-order valence-electron chi connectivity index (χ3n) is 3.89. The minimum absolute atomic E-state index is 0.0463. The molecule has 0 spiro atoms. The highest BCUT2D eigenvalue weighted by atomic mass is 16.6. The zero-order valence-electron chi connectivity index (χ0n) is 15.0. The van der Waals surface area contributed by atoms with E-state index in [1.165, 1.54) is 12.1 Å². The third kappa shape index (κ3) is 4.45. The van der Waals surface area contributed by atoms with Crippen molar-refractivity contribution >= 4 is 11.9 Å². The molecule has 0 atom stereocenters. The predicted molar refractivity (Wildman–Crippen MR) is 105 cm³/mol. The molecule has 3 rings (SSSR count). The first-order valence-corrected chi connectivity index (χ1v) is 8.59. The van der Waals surface area contributed by atoms with Crippen LogP contribution in [0.25, 0.3) is 0 Å². The molecule has 0 heterocycles. The number of allylic oxidation sites excluding steroid dienone is 1. The molecule has 1 N–H and O–H groups in total. The quantitative estimate of drug-likeness (QED) is 0.389. The van der Waals surface area contributed by atoms with Gasteiger partial charge in [0.2, 0.25) is 5.75 Å². The van der Waals surface area contributed by atoms with Crippen LogP contribution in [-0.4, -0.2) is 17.0 Å². The molecule has 5 heteroatoms. The van der Waals surface area contributed by atoms with Crippen LogP contribution in [-0.2, 0) is 6.42 Å². The van der Waals surface area contributed by atoms with Crippen molar-refractivity contribution in [3.05, 3.63) is 102 Å². The predicted octanol–water partition coefficient (Wildman–Crippen LogP) is 4.56. The fraction of sp³-hybridized carbons (Fsp3) is 0.0435. The molecule has 0 aliphatic carbocycles. The molecule has 3 aromatic carbocycles. The molecule has 0 saturated carbocycles. The summed E-state index contributed by atoms with van der Waals surface area (Å²) in [6.07, 6.45) is 2.09. The van der Waals surface area contributed by atoms with E-state index in [1.807, 2.05) is 0 Å². The molecule has 0 amide bonds. The fourth-order valence-electron chi connectivity index (χ4n) is 2.56. The standard InChI is InChI=1S/C23H18O5/c1-2-9-16-14-19(24)21(28-23(26)18-12-7-4-8-13-18)20(15-16)27-22(25)17-10-5-3-6-11-17/h2-8,10-15,24H,1,9H2. The summed E-state index contributed by atoms with van der Waals surface area (Å²) in [6.45, 7) is 3.66. The van der Waals surface area contributed by atoms with Crippen molar-refractivity contribution in [1.29, 1.82) is 0 Å². The molecular formula is C23H18O5. The monoisotopic (exact) mass is 374 g/mol. The molecule has 5 nitrogen and oxygen atoms in total. The van der Waals surface area contributed by atoms with Crippen molar-refractivity contribution in [2.24, 2.45) is 0 Å². The van der Waals surface area contributed by atoms with Gasteiger partial charge in [-0.05, 0) is 48.4 Å². The summed E-state index contributed by atoms with van der Waals surface area (Å²) in [7, 11) is 0. The molecule has 140 valence electrons. The average Bonchev–Trinajstić information content (AvgIpc) is 2.72. The summed E-state index contributed by atoms with van der Waals surface area (Å²) < 4.78 is 10.8. The van der Waals surface area contributed by atoms with Crippen molar-refractivity contribution in [2.45, 2.75) is 6.42 Å². The molecule has 0 radical (unpaired) electrons. The molecule has 0 aliphatic heterocycles. The second-order valence-corrected chi connectivity index (χ2v) is 5.95. The molecule has 0 aromatic heterocycles. The number of carbonyl (C=O) groups is 2. The van der Waals surface area contributed by atoms with Gasteiger partial charge >= 0.3 is 11.9 Å². The van der Waals surface area contributed by atoms with E-state index >= 15 is 0 Å². The van der Waals surface area contributed by atoms with Crippen LogP contribution in [0.2, 0.25) is 0 Å². The van der Waals surface area contributed by atoms with Gasteiger partial charge in [0.1, 0.15) is 0 Å². The first-order valence-electron chi connectivity index (χ1n) is 8.59. The maximum atomic E-state index is 12.4. The zero-order chi connectivity index (χ0) is 19.9. The van der Waals surface area contributed by atoms with E-state index in [0.29, 0.717) is 23.1 Å². The number of benzene rings is 3. The Bertz CT molecular complexity index is 994. The molecule has 28 heavy (non-hydrogen) atoms. The number of phenolic OH excluding ortho intramolecular Hbond substituents is 1. The van der Waals surface area contributed by atoms with Gasteiger partial charge in [-0.2, -0.15) is 0 Å². The van der Waals surface area contributed by atoms with Gasteiger partial charge in [0.05, 0.1) is 11.1 Å². The lowest BCUT2D eigenvalue weighted by Crippen LogP contribution is -2.13. The van der Waals surface area contributed by atoms with E-state index in [4.69, 9.17) is 9.47 Å². The summed E-state index contributed by atoms with van der Waals surface area (Å²) in [5, 5.41) is 10.4. The molecule has 0 fully saturated rings. The van der Waals surface area contributed by atoms with Gasteiger partial charge in [0, 0.05) is 0 Å². The van der Waals surface area contributed by atoms with Crippen LogP contribution in [0, 0.1) is 0 Å². The maximum absolute atomic E-state index is 12.4. The lowest BCUT2D eigenvalue weighted by atomic mass is 10.1. The molecule has 0 unspecified atom stereocenters. The lowest BCUT2D eigenvalue weighted by Gasteiger charge is -2.14. The highest BCUT2D eigenvalue weighted by molar-refractivity contribution is 5.93. The topological polar surface area (TPSA) is 72.8 Å². The van der Waals surface area contributed by atoms with E-state index in [1.54, 1.807) is 66.7 Å². The average molecular weight is 374 g/mol. The largest absolute Gasteiger partial charge is 0.504 e. The van der Waals surface area contributed by atoms with Gasteiger partial charge in [-0.25, -0.2) is 9.59 Å². The smallest absolute Gasteiger partial charge is 0.343 e. The normalized spacial score (nSPS) is 10.1.